The number of amides is 1. The van der Waals surface area contributed by atoms with E-state index in [0.717, 1.165) is 4.90 Å². The van der Waals surface area contributed by atoms with E-state index >= 15 is 0 Å². The van der Waals surface area contributed by atoms with Gasteiger partial charge in [-0.1, -0.05) is 11.6 Å². The normalized spacial score (nSPS) is 11.1. The predicted octanol–water partition coefficient (Wildman–Crippen LogP) is 3.78. The molecule has 0 aliphatic heterocycles. The molecule has 0 fully saturated rings. The fourth-order valence-electron chi connectivity index (χ4n) is 1.54. The minimum atomic E-state index is -0.776. The van der Waals surface area contributed by atoms with Crippen LogP contribution in [0, 0.1) is 10.1 Å². The van der Waals surface area contributed by atoms with Gasteiger partial charge in [-0.25, -0.2) is 9.78 Å². The third kappa shape index (κ3) is 3.18. The van der Waals surface area contributed by atoms with E-state index in [0.29, 0.717) is 0 Å². The third-order valence-electron chi connectivity index (χ3n) is 2.35. The number of hydrogen-bond donors (Lipinski definition) is 0. The Bertz CT molecular complexity index is 559. The molecule has 0 bridgehead atoms. The van der Waals surface area contributed by atoms with Crippen molar-refractivity contribution in [1.29, 1.82) is 0 Å². The fraction of sp³-hybridized carbons (Fsp3) is 0.455. The molecule has 0 aromatic carbocycles. The SMILES string of the molecule is COC(=O)N(c1ncc(Br)c(Cl)c1[N+](=O)[O-])C(C)(C)C. The van der Waals surface area contributed by atoms with Crippen molar-refractivity contribution >= 4 is 45.1 Å². The van der Waals surface area contributed by atoms with Crippen molar-refractivity contribution in [2.45, 2.75) is 26.3 Å². The number of aromatic nitrogens is 1. The van der Waals surface area contributed by atoms with E-state index in [1.54, 1.807) is 20.8 Å². The molecule has 1 aromatic heterocycles. The molecular weight excluding hydrogens is 353 g/mol. The Morgan fingerprint density at radius 1 is 1.55 bits per heavy atom. The summed E-state index contributed by atoms with van der Waals surface area (Å²) in [5, 5.41) is 11.1. The number of carbonyl (C=O) groups excluding carboxylic acids is 1. The Hall–Kier alpha value is -1.41. The van der Waals surface area contributed by atoms with Crippen LogP contribution in [0.25, 0.3) is 0 Å². The van der Waals surface area contributed by atoms with Crippen LogP contribution in [0.4, 0.5) is 16.3 Å². The highest BCUT2D eigenvalue weighted by atomic mass is 79.9. The maximum atomic E-state index is 11.9. The lowest BCUT2D eigenvalue weighted by molar-refractivity contribution is -0.384. The van der Waals surface area contributed by atoms with Crippen LogP contribution in [-0.4, -0.2) is 28.6 Å². The Morgan fingerprint density at radius 3 is 2.50 bits per heavy atom. The van der Waals surface area contributed by atoms with Gasteiger partial charge in [0.05, 0.1) is 16.5 Å². The predicted molar refractivity (Wildman–Crippen MR) is 78.2 cm³/mol. The molecule has 7 nitrogen and oxygen atoms in total. The van der Waals surface area contributed by atoms with E-state index in [2.05, 4.69) is 25.7 Å². The Labute approximate surface area is 129 Å². The monoisotopic (exact) mass is 365 g/mol. The van der Waals surface area contributed by atoms with E-state index < -0.39 is 22.2 Å². The van der Waals surface area contributed by atoms with Gasteiger partial charge < -0.3 is 4.74 Å². The average Bonchev–Trinajstić information content (AvgIpc) is 2.31. The van der Waals surface area contributed by atoms with Crippen LogP contribution in [-0.2, 0) is 4.74 Å². The number of ether oxygens (including phenoxy) is 1. The summed E-state index contributed by atoms with van der Waals surface area (Å²) in [5.74, 6) is -0.164. The van der Waals surface area contributed by atoms with Crippen LogP contribution in [0.2, 0.25) is 5.02 Å². The van der Waals surface area contributed by atoms with Crippen LogP contribution in [0.5, 0.6) is 0 Å². The van der Waals surface area contributed by atoms with Crippen LogP contribution in [0.3, 0.4) is 0 Å². The second-order valence-electron chi connectivity index (χ2n) is 4.83. The zero-order valence-corrected chi connectivity index (χ0v) is 13.6. The Balaban J connectivity index is 3.61. The molecule has 20 heavy (non-hydrogen) atoms. The van der Waals surface area contributed by atoms with Crippen molar-refractivity contribution in [3.05, 3.63) is 25.8 Å². The first-order valence-electron chi connectivity index (χ1n) is 5.47. The summed E-state index contributed by atoms with van der Waals surface area (Å²) in [6, 6.07) is 0. The number of anilines is 1. The minimum Gasteiger partial charge on any atom is -0.452 e. The van der Waals surface area contributed by atoms with Crippen LogP contribution >= 0.6 is 27.5 Å². The van der Waals surface area contributed by atoms with Gasteiger partial charge in [-0.05, 0) is 36.7 Å². The largest absolute Gasteiger partial charge is 0.452 e. The quantitative estimate of drug-likeness (QED) is 0.587. The molecule has 1 heterocycles. The maximum absolute atomic E-state index is 11.9. The molecule has 0 spiro atoms. The number of carbonyl (C=O) groups is 1. The highest BCUT2D eigenvalue weighted by molar-refractivity contribution is 9.10. The number of nitrogens with zero attached hydrogens (tertiary/aromatic N) is 3. The molecule has 0 aliphatic carbocycles. The molecule has 0 radical (unpaired) electrons. The number of rotatable bonds is 2. The molecule has 0 saturated heterocycles. The first-order valence-corrected chi connectivity index (χ1v) is 6.65. The van der Waals surface area contributed by atoms with Crippen molar-refractivity contribution in [3.8, 4) is 0 Å². The molecule has 0 N–H and O–H groups in total. The van der Waals surface area contributed by atoms with Gasteiger partial charge in [0, 0.05) is 11.7 Å². The third-order valence-corrected chi connectivity index (χ3v) is 3.56. The molecule has 110 valence electrons. The second-order valence-corrected chi connectivity index (χ2v) is 6.06. The molecule has 0 atom stereocenters. The van der Waals surface area contributed by atoms with Crippen molar-refractivity contribution < 1.29 is 14.5 Å². The molecular formula is C11H13BrClN3O4. The van der Waals surface area contributed by atoms with Gasteiger partial charge in [-0.2, -0.15) is 0 Å². The summed E-state index contributed by atoms with van der Waals surface area (Å²) in [4.78, 5) is 27.5. The van der Waals surface area contributed by atoms with Gasteiger partial charge in [0.15, 0.2) is 0 Å². The van der Waals surface area contributed by atoms with E-state index in [-0.39, 0.29) is 15.3 Å². The number of hydrogen-bond acceptors (Lipinski definition) is 5. The van der Waals surface area contributed by atoms with Crippen LogP contribution in [0.1, 0.15) is 20.8 Å². The van der Waals surface area contributed by atoms with Gasteiger partial charge in [0.1, 0.15) is 5.02 Å². The lowest BCUT2D eigenvalue weighted by Gasteiger charge is -2.32. The van der Waals surface area contributed by atoms with Crippen molar-refractivity contribution in [1.82, 2.24) is 4.98 Å². The number of nitro groups is 1. The Kier molecular flexibility index (Phi) is 4.93. The first-order chi connectivity index (χ1) is 9.11. The molecule has 1 rings (SSSR count). The summed E-state index contributed by atoms with van der Waals surface area (Å²) < 4.78 is 4.94. The van der Waals surface area contributed by atoms with Gasteiger partial charge in [0.2, 0.25) is 5.82 Å². The summed E-state index contributed by atoms with van der Waals surface area (Å²) in [6.45, 7) is 5.10. The highest BCUT2D eigenvalue weighted by Gasteiger charge is 2.37. The number of pyridine rings is 1. The lowest BCUT2D eigenvalue weighted by Crippen LogP contribution is -2.46. The average molecular weight is 367 g/mol. The molecule has 0 saturated carbocycles. The summed E-state index contributed by atoms with van der Waals surface area (Å²) in [7, 11) is 1.19. The van der Waals surface area contributed by atoms with E-state index in [1.165, 1.54) is 13.3 Å². The van der Waals surface area contributed by atoms with E-state index in [4.69, 9.17) is 11.6 Å². The summed E-state index contributed by atoms with van der Waals surface area (Å²) in [6.07, 6.45) is 0.540. The van der Waals surface area contributed by atoms with Crippen molar-refractivity contribution in [2.75, 3.05) is 12.0 Å². The molecule has 0 unspecified atom stereocenters. The molecule has 0 aliphatic rings. The van der Waals surface area contributed by atoms with Gasteiger partial charge >= 0.3 is 11.8 Å². The topological polar surface area (TPSA) is 85.6 Å². The van der Waals surface area contributed by atoms with E-state index in [9.17, 15) is 14.9 Å². The highest BCUT2D eigenvalue weighted by Crippen LogP contribution is 2.40. The summed E-state index contributed by atoms with van der Waals surface area (Å²) in [5.41, 5.74) is -1.23. The molecule has 1 aromatic rings. The standard InChI is InChI=1S/C11H13BrClN3O4/c1-11(2,3)15(10(17)20-4)9-8(16(18)19)7(13)6(12)5-14-9/h5H,1-4H3. The molecule has 1 amide bonds. The molecule has 9 heteroatoms. The van der Waals surface area contributed by atoms with Gasteiger partial charge in [-0.15, -0.1) is 0 Å². The van der Waals surface area contributed by atoms with E-state index in [1.807, 2.05) is 0 Å². The minimum absolute atomic E-state index is 0.127. The number of methoxy groups -OCH3 is 1. The summed E-state index contributed by atoms with van der Waals surface area (Å²) >= 11 is 9.00. The smallest absolute Gasteiger partial charge is 0.415 e. The zero-order valence-electron chi connectivity index (χ0n) is 11.3. The number of halogens is 2. The second kappa shape index (κ2) is 5.92. The Morgan fingerprint density at radius 2 is 2.10 bits per heavy atom. The van der Waals surface area contributed by atoms with Gasteiger partial charge in [0.25, 0.3) is 0 Å². The maximum Gasteiger partial charge on any atom is 0.415 e. The lowest BCUT2D eigenvalue weighted by atomic mass is 10.1. The fourth-order valence-corrected chi connectivity index (χ4v) is 2.03. The van der Waals surface area contributed by atoms with Crippen molar-refractivity contribution in [3.63, 3.8) is 0 Å². The van der Waals surface area contributed by atoms with Gasteiger partial charge in [-0.3, -0.25) is 15.0 Å². The zero-order chi connectivity index (χ0) is 15.7. The van der Waals surface area contributed by atoms with Crippen LogP contribution in [0.15, 0.2) is 10.7 Å². The van der Waals surface area contributed by atoms with Crippen LogP contribution < -0.4 is 4.90 Å². The first kappa shape index (κ1) is 16.6. The van der Waals surface area contributed by atoms with Crippen molar-refractivity contribution in [2.24, 2.45) is 0 Å².